The molecule has 0 aliphatic rings. The van der Waals surface area contributed by atoms with Gasteiger partial charge in [-0.15, -0.1) is 0 Å². The molecule has 0 saturated heterocycles. The second-order valence-corrected chi connectivity index (χ2v) is 20.9. The van der Waals surface area contributed by atoms with Crippen LogP contribution in [0.1, 0.15) is 59.6 Å². The lowest BCUT2D eigenvalue weighted by Gasteiger charge is -2.46. The van der Waals surface area contributed by atoms with E-state index in [1.165, 1.54) is 5.56 Å². The molecule has 25 heavy (non-hydrogen) atoms. The summed E-state index contributed by atoms with van der Waals surface area (Å²) in [5, 5.41) is 4.13. The van der Waals surface area contributed by atoms with E-state index in [4.69, 9.17) is 0 Å². The Morgan fingerprint density at radius 2 is 1.32 bits per heavy atom. The Labute approximate surface area is 159 Å². The van der Waals surface area contributed by atoms with E-state index in [0.29, 0.717) is 10.1 Å². The first-order valence-corrected chi connectivity index (χ1v) is 15.4. The van der Waals surface area contributed by atoms with Gasteiger partial charge in [-0.2, -0.15) is 0 Å². The summed E-state index contributed by atoms with van der Waals surface area (Å²) in [5.74, 6) is 0. The largest absolute Gasteiger partial charge is 0.344 e. The molecule has 0 saturated carbocycles. The van der Waals surface area contributed by atoms with Gasteiger partial charge in [-0.05, 0) is 27.6 Å². The molecular formula is C22H43NSi2. The highest BCUT2D eigenvalue weighted by Crippen LogP contribution is 2.39. The highest BCUT2D eigenvalue weighted by molar-refractivity contribution is 7.01. The van der Waals surface area contributed by atoms with E-state index < -0.39 is 16.1 Å². The van der Waals surface area contributed by atoms with E-state index in [1.54, 1.807) is 15.9 Å². The smallest absolute Gasteiger partial charge is 0.0861 e. The summed E-state index contributed by atoms with van der Waals surface area (Å²) in [7, 11) is -3.24. The van der Waals surface area contributed by atoms with Gasteiger partial charge in [0.15, 0.2) is 0 Å². The van der Waals surface area contributed by atoms with Crippen LogP contribution in [-0.4, -0.2) is 16.1 Å². The van der Waals surface area contributed by atoms with Gasteiger partial charge in [0.2, 0.25) is 0 Å². The third-order valence-electron chi connectivity index (χ3n) is 6.97. The Bertz CT molecular complexity index is 614. The molecule has 0 unspecified atom stereocenters. The fourth-order valence-corrected chi connectivity index (χ4v) is 9.79. The van der Waals surface area contributed by atoms with Crippen LogP contribution in [0.15, 0.2) is 18.7 Å². The summed E-state index contributed by atoms with van der Waals surface area (Å²) in [6.45, 7) is 31.3. The molecule has 0 aromatic heterocycles. The van der Waals surface area contributed by atoms with Gasteiger partial charge in [0.05, 0.1) is 16.1 Å². The lowest BCUT2D eigenvalue weighted by atomic mass is 10.1. The van der Waals surface area contributed by atoms with Crippen molar-refractivity contribution >= 4 is 32.6 Å². The highest BCUT2D eigenvalue weighted by Gasteiger charge is 2.45. The Kier molecular flexibility index (Phi) is 7.34. The van der Waals surface area contributed by atoms with Gasteiger partial charge in [0.25, 0.3) is 0 Å². The van der Waals surface area contributed by atoms with Crippen molar-refractivity contribution in [2.75, 3.05) is 0 Å². The van der Waals surface area contributed by atoms with Crippen LogP contribution >= 0.6 is 0 Å². The summed E-state index contributed by atoms with van der Waals surface area (Å²) in [6, 6.07) is 4.79. The van der Waals surface area contributed by atoms with Crippen molar-refractivity contribution in [1.82, 2.24) is 6.15 Å². The Morgan fingerprint density at radius 3 is 1.64 bits per heavy atom. The zero-order valence-corrected chi connectivity index (χ0v) is 20.9. The third-order valence-corrected chi connectivity index (χ3v) is 18.3. The van der Waals surface area contributed by atoms with Crippen molar-refractivity contribution in [2.24, 2.45) is 0 Å². The SMILES string of the molecule is C=Cc1ccc([Si](C)(C)C(C)(C)C)c([Si](C)(C)C(C)(C)C)c1CC.N. The van der Waals surface area contributed by atoms with Crippen LogP contribution in [0, 0.1) is 0 Å². The van der Waals surface area contributed by atoms with Gasteiger partial charge in [-0.1, -0.05) is 110 Å². The van der Waals surface area contributed by atoms with Gasteiger partial charge >= 0.3 is 0 Å². The van der Waals surface area contributed by atoms with Crippen molar-refractivity contribution < 1.29 is 0 Å². The quantitative estimate of drug-likeness (QED) is 0.598. The van der Waals surface area contributed by atoms with Crippen molar-refractivity contribution in [1.29, 1.82) is 0 Å². The molecule has 0 atom stereocenters. The lowest BCUT2D eigenvalue weighted by Crippen LogP contribution is -2.65. The van der Waals surface area contributed by atoms with E-state index in [-0.39, 0.29) is 6.15 Å². The van der Waals surface area contributed by atoms with E-state index in [1.807, 2.05) is 0 Å². The van der Waals surface area contributed by atoms with Gasteiger partial charge in [0.1, 0.15) is 0 Å². The molecular weight excluding hydrogens is 334 g/mol. The predicted octanol–water partition coefficient (Wildman–Crippen LogP) is 6.49. The van der Waals surface area contributed by atoms with Crippen molar-refractivity contribution in [3.05, 3.63) is 29.8 Å². The summed E-state index contributed by atoms with van der Waals surface area (Å²) in [6.07, 6.45) is 3.16. The minimum absolute atomic E-state index is 0. The van der Waals surface area contributed by atoms with Crippen LogP contribution in [0.5, 0.6) is 0 Å². The summed E-state index contributed by atoms with van der Waals surface area (Å²) >= 11 is 0. The second-order valence-electron chi connectivity index (χ2n) is 10.4. The first kappa shape index (κ1) is 24.4. The van der Waals surface area contributed by atoms with Crippen molar-refractivity contribution in [3.8, 4) is 0 Å². The normalized spacial score (nSPS) is 13.4. The number of rotatable bonds is 4. The zero-order chi connectivity index (χ0) is 19.1. The molecule has 3 N–H and O–H groups in total. The van der Waals surface area contributed by atoms with E-state index in [2.05, 4.69) is 99.4 Å². The molecule has 1 aromatic carbocycles. The number of hydrogen-bond acceptors (Lipinski definition) is 1. The molecule has 0 fully saturated rings. The maximum Gasteiger partial charge on any atom is 0.0861 e. The van der Waals surface area contributed by atoms with Crippen LogP contribution in [0.3, 0.4) is 0 Å². The molecule has 1 rings (SSSR count). The molecule has 0 aliphatic heterocycles. The monoisotopic (exact) mass is 377 g/mol. The minimum Gasteiger partial charge on any atom is -0.344 e. The van der Waals surface area contributed by atoms with Crippen LogP contribution in [-0.2, 0) is 6.42 Å². The van der Waals surface area contributed by atoms with E-state index >= 15 is 0 Å². The topological polar surface area (TPSA) is 35.0 Å². The predicted molar refractivity (Wildman–Crippen MR) is 125 cm³/mol. The molecule has 0 heterocycles. The standard InChI is InChI=1S/C22H40Si2.H3N/c1-13-17-15-16-19(23(9,10)21(3,4)5)20(18(17)14-2)24(11,12)22(6,7)8;/h13,15-16H,1,14H2,2-12H3;1H3. The number of benzene rings is 1. The van der Waals surface area contributed by atoms with Gasteiger partial charge in [0, 0.05) is 0 Å². The van der Waals surface area contributed by atoms with E-state index in [9.17, 15) is 0 Å². The number of hydrogen-bond donors (Lipinski definition) is 1. The summed E-state index contributed by atoms with van der Waals surface area (Å²) in [5.41, 5.74) is 2.92. The van der Waals surface area contributed by atoms with Crippen LogP contribution in [0.4, 0.5) is 0 Å². The minimum atomic E-state index is -1.64. The molecule has 3 heteroatoms. The molecule has 144 valence electrons. The Hall–Kier alpha value is -0.646. The molecule has 1 aromatic rings. The van der Waals surface area contributed by atoms with E-state index in [0.717, 1.165) is 6.42 Å². The maximum absolute atomic E-state index is 4.09. The summed E-state index contributed by atoms with van der Waals surface area (Å²) in [4.78, 5) is 0. The second kappa shape index (κ2) is 7.54. The lowest BCUT2D eigenvalue weighted by molar-refractivity contribution is 0.725. The van der Waals surface area contributed by atoms with Gasteiger partial charge in [-0.25, -0.2) is 0 Å². The van der Waals surface area contributed by atoms with Gasteiger partial charge < -0.3 is 6.15 Å². The molecule has 0 aliphatic carbocycles. The zero-order valence-electron chi connectivity index (χ0n) is 18.9. The first-order valence-electron chi connectivity index (χ1n) is 9.42. The maximum atomic E-state index is 4.09. The Balaban J connectivity index is 0.00000576. The van der Waals surface area contributed by atoms with Crippen molar-refractivity contribution in [3.63, 3.8) is 0 Å². The third kappa shape index (κ3) is 4.20. The Morgan fingerprint density at radius 1 is 0.880 bits per heavy atom. The summed E-state index contributed by atoms with van der Waals surface area (Å²) < 4.78 is 0. The highest BCUT2D eigenvalue weighted by atomic mass is 28.3. The first-order chi connectivity index (χ1) is 10.6. The van der Waals surface area contributed by atoms with Crippen LogP contribution in [0.25, 0.3) is 6.08 Å². The van der Waals surface area contributed by atoms with Gasteiger partial charge in [-0.3, -0.25) is 0 Å². The fraction of sp³-hybridized carbons (Fsp3) is 0.636. The average Bonchev–Trinajstić information content (AvgIpc) is 2.42. The fourth-order valence-electron chi connectivity index (χ4n) is 3.25. The van der Waals surface area contributed by atoms with Crippen LogP contribution < -0.4 is 16.5 Å². The van der Waals surface area contributed by atoms with Crippen molar-refractivity contribution in [2.45, 2.75) is 91.2 Å². The molecule has 1 nitrogen and oxygen atoms in total. The molecule has 0 radical (unpaired) electrons. The van der Waals surface area contributed by atoms with Crippen LogP contribution in [0.2, 0.25) is 36.3 Å². The molecule has 0 amide bonds. The molecule has 0 bridgehead atoms. The average molecular weight is 378 g/mol. The molecule has 0 spiro atoms.